The lowest BCUT2D eigenvalue weighted by atomic mass is 10.1. The molecule has 1 N–H and O–H groups in total. The zero-order valence-electron chi connectivity index (χ0n) is 7.72. The van der Waals surface area contributed by atoms with Gasteiger partial charge in [-0.25, -0.2) is 0 Å². The van der Waals surface area contributed by atoms with Crippen LogP contribution in [0.3, 0.4) is 0 Å². The first kappa shape index (κ1) is 11.0. The van der Waals surface area contributed by atoms with E-state index >= 15 is 0 Å². The number of rotatable bonds is 5. The number of hydrogen-bond acceptors (Lipinski definition) is 1. The van der Waals surface area contributed by atoms with Gasteiger partial charge in [-0.15, -0.1) is 20.3 Å². The van der Waals surface area contributed by atoms with E-state index in [4.69, 9.17) is 6.42 Å². The highest BCUT2D eigenvalue weighted by molar-refractivity contribution is 7.55. The largest absolute Gasteiger partial charge is 0.319 e. The summed E-state index contributed by atoms with van der Waals surface area (Å²) in [4.78, 5) is 0. The quantitative estimate of drug-likeness (QED) is 0.489. The van der Waals surface area contributed by atoms with E-state index in [0.29, 0.717) is 5.92 Å². The molecular weight excluding hydrogens is 153 g/mol. The molecule has 1 nitrogen and oxygen atoms in total. The van der Waals surface area contributed by atoms with Crippen molar-refractivity contribution in [2.45, 2.75) is 6.42 Å². The van der Waals surface area contributed by atoms with E-state index in [0.717, 1.165) is 6.54 Å². The van der Waals surface area contributed by atoms with Crippen LogP contribution < -0.4 is 5.32 Å². The van der Waals surface area contributed by atoms with E-state index in [2.05, 4.69) is 24.6 Å². The van der Waals surface area contributed by atoms with Gasteiger partial charge in [0.05, 0.1) is 0 Å². The smallest absolute Gasteiger partial charge is 0.0328 e. The van der Waals surface area contributed by atoms with Gasteiger partial charge in [0.1, 0.15) is 0 Å². The van der Waals surface area contributed by atoms with Crippen LogP contribution in [0.15, 0.2) is 0 Å². The molecular formula is C9H18NP. The molecule has 0 saturated heterocycles. The second-order valence-electron chi connectivity index (χ2n) is 3.01. The fourth-order valence-electron chi connectivity index (χ4n) is 0.905. The molecule has 0 radical (unpaired) electrons. The summed E-state index contributed by atoms with van der Waals surface area (Å²) in [5.74, 6) is 3.24. The van der Waals surface area contributed by atoms with Gasteiger partial charge in [0.25, 0.3) is 0 Å². The van der Waals surface area contributed by atoms with Gasteiger partial charge in [0.2, 0.25) is 0 Å². The van der Waals surface area contributed by atoms with E-state index in [-0.39, 0.29) is 7.92 Å². The summed E-state index contributed by atoms with van der Waals surface area (Å²) in [6, 6.07) is 0. The first-order chi connectivity index (χ1) is 5.20. The minimum atomic E-state index is 0.227. The van der Waals surface area contributed by atoms with Crippen molar-refractivity contribution in [1.82, 2.24) is 5.32 Å². The third-order valence-corrected chi connectivity index (χ3v) is 2.76. The van der Waals surface area contributed by atoms with Crippen molar-refractivity contribution in [3.05, 3.63) is 0 Å². The molecule has 0 saturated carbocycles. The normalized spacial score (nSPS) is 13.0. The Hall–Kier alpha value is -0.0500. The molecule has 64 valence electrons. The van der Waals surface area contributed by atoms with E-state index in [1.54, 1.807) is 0 Å². The molecule has 0 aromatic heterocycles. The summed E-state index contributed by atoms with van der Waals surface area (Å²) >= 11 is 0. The standard InChI is InChI=1S/C9H18NP/c1-5-9(8-10-2)6-7-11(3)4/h1,9-10H,6-8H2,2-4H3. The van der Waals surface area contributed by atoms with Crippen molar-refractivity contribution in [3.8, 4) is 12.3 Å². The number of hydrogen-bond donors (Lipinski definition) is 1. The average Bonchev–Trinajstić information content (AvgIpc) is 1.97. The Kier molecular flexibility index (Phi) is 6.62. The molecule has 1 atom stereocenters. The van der Waals surface area contributed by atoms with Crippen molar-refractivity contribution in [1.29, 1.82) is 0 Å². The van der Waals surface area contributed by atoms with Gasteiger partial charge in [0, 0.05) is 12.5 Å². The first-order valence-electron chi connectivity index (χ1n) is 3.96. The lowest BCUT2D eigenvalue weighted by Gasteiger charge is -2.11. The van der Waals surface area contributed by atoms with Gasteiger partial charge in [-0.05, 0) is 33.0 Å². The maximum absolute atomic E-state index is 5.36. The summed E-state index contributed by atoms with van der Waals surface area (Å²) in [6.07, 6.45) is 7.84. The first-order valence-corrected chi connectivity index (χ1v) is 6.38. The van der Waals surface area contributed by atoms with Gasteiger partial charge in [0.15, 0.2) is 0 Å². The molecule has 1 unspecified atom stereocenters. The summed E-state index contributed by atoms with van der Waals surface area (Å²) in [6.45, 7) is 5.55. The fraction of sp³-hybridized carbons (Fsp3) is 0.778. The van der Waals surface area contributed by atoms with Crippen molar-refractivity contribution < 1.29 is 0 Å². The molecule has 0 rings (SSSR count). The second kappa shape index (κ2) is 6.65. The van der Waals surface area contributed by atoms with Gasteiger partial charge >= 0.3 is 0 Å². The maximum Gasteiger partial charge on any atom is 0.0328 e. The molecule has 0 aliphatic heterocycles. The predicted octanol–water partition coefficient (Wildman–Crippen LogP) is 1.59. The zero-order valence-corrected chi connectivity index (χ0v) is 8.62. The molecule has 0 amide bonds. The Morgan fingerprint density at radius 3 is 2.55 bits per heavy atom. The van der Waals surface area contributed by atoms with Crippen LogP contribution in [-0.2, 0) is 0 Å². The number of terminal acetylenes is 1. The van der Waals surface area contributed by atoms with Crippen LogP contribution in [0.5, 0.6) is 0 Å². The Morgan fingerprint density at radius 2 is 2.18 bits per heavy atom. The minimum absolute atomic E-state index is 0.227. The SMILES string of the molecule is C#CC(CCP(C)C)CNC. The van der Waals surface area contributed by atoms with Crippen molar-refractivity contribution in [3.63, 3.8) is 0 Å². The predicted molar refractivity (Wildman–Crippen MR) is 54.5 cm³/mol. The lowest BCUT2D eigenvalue weighted by Crippen LogP contribution is -2.18. The molecule has 11 heavy (non-hydrogen) atoms. The zero-order chi connectivity index (χ0) is 8.69. The molecule has 0 aromatic carbocycles. The van der Waals surface area contributed by atoms with Crippen LogP contribution in [0.25, 0.3) is 0 Å². The third kappa shape index (κ3) is 6.35. The van der Waals surface area contributed by atoms with Crippen LogP contribution in [0, 0.1) is 18.3 Å². The average molecular weight is 171 g/mol. The van der Waals surface area contributed by atoms with Gasteiger partial charge < -0.3 is 5.32 Å². The Labute approximate surface area is 71.7 Å². The topological polar surface area (TPSA) is 12.0 Å². The molecule has 0 aromatic rings. The van der Waals surface area contributed by atoms with Crippen LogP contribution in [0.1, 0.15) is 6.42 Å². The molecule has 0 bridgehead atoms. The molecule has 0 aliphatic rings. The Balaban J connectivity index is 3.46. The highest BCUT2D eigenvalue weighted by Crippen LogP contribution is 2.26. The van der Waals surface area contributed by atoms with Crippen molar-refractivity contribution >= 4 is 7.92 Å². The van der Waals surface area contributed by atoms with Crippen LogP contribution in [-0.4, -0.2) is 33.1 Å². The number of nitrogens with one attached hydrogen (secondary N) is 1. The summed E-state index contributed by atoms with van der Waals surface area (Å²) in [5.41, 5.74) is 0. The van der Waals surface area contributed by atoms with Crippen LogP contribution in [0.2, 0.25) is 0 Å². The minimum Gasteiger partial charge on any atom is -0.319 e. The highest BCUT2D eigenvalue weighted by atomic mass is 31.1. The molecule has 0 heterocycles. The second-order valence-corrected chi connectivity index (χ2v) is 5.62. The van der Waals surface area contributed by atoms with E-state index < -0.39 is 0 Å². The maximum atomic E-state index is 5.36. The molecule has 2 heteroatoms. The fourth-order valence-corrected chi connectivity index (χ4v) is 1.73. The van der Waals surface area contributed by atoms with Crippen molar-refractivity contribution in [2.24, 2.45) is 5.92 Å². The molecule has 0 aliphatic carbocycles. The van der Waals surface area contributed by atoms with E-state index in [1.165, 1.54) is 12.6 Å². The third-order valence-electron chi connectivity index (χ3n) is 1.61. The molecule has 0 fully saturated rings. The Morgan fingerprint density at radius 1 is 1.55 bits per heavy atom. The van der Waals surface area contributed by atoms with Crippen LogP contribution >= 0.6 is 7.92 Å². The van der Waals surface area contributed by atoms with Gasteiger partial charge in [-0.2, -0.15) is 0 Å². The summed E-state index contributed by atoms with van der Waals surface area (Å²) in [5, 5.41) is 3.11. The lowest BCUT2D eigenvalue weighted by molar-refractivity contribution is 0.602. The van der Waals surface area contributed by atoms with E-state index in [1.807, 2.05) is 7.05 Å². The van der Waals surface area contributed by atoms with Crippen LogP contribution in [0.4, 0.5) is 0 Å². The Bertz CT molecular complexity index is 126. The van der Waals surface area contributed by atoms with Crippen molar-refractivity contribution in [2.75, 3.05) is 33.1 Å². The van der Waals surface area contributed by atoms with Gasteiger partial charge in [-0.3, -0.25) is 0 Å². The summed E-state index contributed by atoms with van der Waals surface area (Å²) < 4.78 is 0. The monoisotopic (exact) mass is 171 g/mol. The van der Waals surface area contributed by atoms with E-state index in [9.17, 15) is 0 Å². The molecule has 0 spiro atoms. The summed E-state index contributed by atoms with van der Waals surface area (Å²) in [7, 11) is 2.18. The van der Waals surface area contributed by atoms with Gasteiger partial charge in [-0.1, -0.05) is 0 Å². The highest BCUT2D eigenvalue weighted by Gasteiger charge is 2.03.